The highest BCUT2D eigenvalue weighted by Gasteiger charge is 2.34. The minimum absolute atomic E-state index is 0.158. The molecule has 2 aliphatic rings. The number of esters is 1. The molecule has 0 amide bonds. The number of carbonyl (C=O) groups excluding carboxylic acids is 1. The van der Waals surface area contributed by atoms with Crippen LogP contribution in [0.4, 0.5) is 5.13 Å². The maximum atomic E-state index is 11.2. The molecule has 1 saturated heterocycles. The largest absolute Gasteiger partial charge is 0.469 e. The lowest BCUT2D eigenvalue weighted by molar-refractivity contribution is -0.140. The number of hydrogen-bond acceptors (Lipinski definition) is 5. The number of thiazole rings is 1. The number of aryl methyl sites for hydroxylation is 1. The van der Waals surface area contributed by atoms with Crippen molar-refractivity contribution in [2.45, 2.75) is 57.4 Å². The molecule has 1 aromatic heterocycles. The summed E-state index contributed by atoms with van der Waals surface area (Å²) in [6.07, 6.45) is 9.30. The number of carbonyl (C=O) groups is 1. The third-order valence-electron chi connectivity index (χ3n) is 4.84. The smallest absolute Gasteiger partial charge is 0.305 e. The van der Waals surface area contributed by atoms with Crippen molar-refractivity contribution < 1.29 is 9.53 Å². The lowest BCUT2D eigenvalue weighted by atomic mass is 9.96. The zero-order chi connectivity index (χ0) is 14.7. The summed E-state index contributed by atoms with van der Waals surface area (Å²) >= 11 is 1.73. The van der Waals surface area contributed by atoms with Gasteiger partial charge >= 0.3 is 5.97 Å². The second kappa shape index (κ2) is 6.77. The fourth-order valence-corrected chi connectivity index (χ4v) is 4.68. The summed E-state index contributed by atoms with van der Waals surface area (Å²) in [5.74, 6) is 0.712. The highest BCUT2D eigenvalue weighted by atomic mass is 32.1. The SMILES string of the molecule is COC(=O)CCc1csc(N2CCCC2C2CCCC2)n1. The van der Waals surface area contributed by atoms with E-state index in [-0.39, 0.29) is 5.97 Å². The second-order valence-corrected chi connectivity index (χ2v) is 6.98. The molecule has 116 valence electrons. The highest BCUT2D eigenvalue weighted by Crippen LogP contribution is 2.38. The number of ether oxygens (including phenoxy) is 1. The molecule has 1 saturated carbocycles. The van der Waals surface area contributed by atoms with Crippen molar-refractivity contribution in [2.75, 3.05) is 18.6 Å². The van der Waals surface area contributed by atoms with Gasteiger partial charge in [-0.2, -0.15) is 0 Å². The number of methoxy groups -OCH3 is 1. The minimum atomic E-state index is -0.158. The average Bonchev–Trinajstić information content (AvgIpc) is 3.23. The Hall–Kier alpha value is -1.10. The van der Waals surface area contributed by atoms with Gasteiger partial charge in [0.15, 0.2) is 5.13 Å². The molecular formula is C16H24N2O2S. The number of hydrogen-bond donors (Lipinski definition) is 0. The second-order valence-electron chi connectivity index (χ2n) is 6.15. The zero-order valence-corrected chi connectivity index (χ0v) is 13.5. The summed E-state index contributed by atoms with van der Waals surface area (Å²) in [6, 6.07) is 0.701. The minimum Gasteiger partial charge on any atom is -0.469 e. The molecule has 4 nitrogen and oxygen atoms in total. The molecule has 0 bridgehead atoms. The standard InChI is InChI=1S/C16H24N2O2S/c1-20-15(19)9-8-13-11-21-16(17-13)18-10-4-7-14(18)12-5-2-3-6-12/h11-12,14H,2-10H2,1H3. The van der Waals surface area contributed by atoms with Crippen molar-refractivity contribution in [1.29, 1.82) is 0 Å². The van der Waals surface area contributed by atoms with E-state index in [1.165, 1.54) is 45.6 Å². The van der Waals surface area contributed by atoms with Crippen LogP contribution in [0.15, 0.2) is 5.38 Å². The first-order chi connectivity index (χ1) is 10.3. The van der Waals surface area contributed by atoms with E-state index >= 15 is 0 Å². The van der Waals surface area contributed by atoms with Crippen LogP contribution in [0.2, 0.25) is 0 Å². The molecule has 1 unspecified atom stereocenters. The maximum absolute atomic E-state index is 11.2. The summed E-state index contributed by atoms with van der Waals surface area (Å²) in [4.78, 5) is 18.5. The van der Waals surface area contributed by atoms with Gasteiger partial charge in [-0.25, -0.2) is 4.98 Å². The van der Waals surface area contributed by atoms with Crippen LogP contribution in [-0.2, 0) is 16.0 Å². The molecule has 0 spiro atoms. The van der Waals surface area contributed by atoms with Gasteiger partial charge in [-0.15, -0.1) is 11.3 Å². The monoisotopic (exact) mass is 308 g/mol. The predicted octanol–water partition coefficient (Wildman–Crippen LogP) is 3.41. The number of aromatic nitrogens is 1. The first kappa shape index (κ1) is 14.8. The van der Waals surface area contributed by atoms with Crippen molar-refractivity contribution in [3.8, 4) is 0 Å². The molecule has 2 heterocycles. The van der Waals surface area contributed by atoms with E-state index in [9.17, 15) is 4.79 Å². The van der Waals surface area contributed by atoms with Crippen LogP contribution in [-0.4, -0.2) is 30.6 Å². The van der Waals surface area contributed by atoms with Crippen LogP contribution in [0.1, 0.15) is 50.6 Å². The van der Waals surface area contributed by atoms with E-state index in [4.69, 9.17) is 4.98 Å². The third-order valence-corrected chi connectivity index (χ3v) is 5.77. The highest BCUT2D eigenvalue weighted by molar-refractivity contribution is 7.13. The summed E-state index contributed by atoms with van der Waals surface area (Å²) in [5.41, 5.74) is 1.03. The summed E-state index contributed by atoms with van der Waals surface area (Å²) in [7, 11) is 1.44. The lowest BCUT2D eigenvalue weighted by Crippen LogP contribution is -2.34. The Morgan fingerprint density at radius 1 is 1.38 bits per heavy atom. The first-order valence-electron chi connectivity index (χ1n) is 8.06. The molecule has 1 atom stereocenters. The number of anilines is 1. The molecule has 3 rings (SSSR count). The summed E-state index contributed by atoms with van der Waals surface area (Å²) in [5, 5.41) is 3.26. The van der Waals surface area contributed by atoms with Gasteiger partial charge in [-0.1, -0.05) is 12.8 Å². The first-order valence-corrected chi connectivity index (χ1v) is 8.94. The van der Waals surface area contributed by atoms with Crippen LogP contribution < -0.4 is 4.90 Å². The molecule has 0 N–H and O–H groups in total. The molecule has 1 aliphatic heterocycles. The number of nitrogens with zero attached hydrogens (tertiary/aromatic N) is 2. The number of rotatable bonds is 5. The van der Waals surface area contributed by atoms with Gasteiger partial charge in [-0.05, 0) is 31.6 Å². The van der Waals surface area contributed by atoms with Crippen LogP contribution >= 0.6 is 11.3 Å². The Kier molecular flexibility index (Phi) is 4.78. The quantitative estimate of drug-likeness (QED) is 0.782. The van der Waals surface area contributed by atoms with Crippen molar-refractivity contribution in [2.24, 2.45) is 5.92 Å². The van der Waals surface area contributed by atoms with E-state index < -0.39 is 0 Å². The molecule has 2 fully saturated rings. The molecule has 5 heteroatoms. The molecule has 0 radical (unpaired) electrons. The average molecular weight is 308 g/mol. The van der Waals surface area contributed by atoms with Gasteiger partial charge in [0.2, 0.25) is 0 Å². The third kappa shape index (κ3) is 3.39. The predicted molar refractivity (Wildman–Crippen MR) is 84.8 cm³/mol. The van der Waals surface area contributed by atoms with Gasteiger partial charge in [0, 0.05) is 24.4 Å². The zero-order valence-electron chi connectivity index (χ0n) is 12.7. The fraction of sp³-hybridized carbons (Fsp3) is 0.750. The van der Waals surface area contributed by atoms with Crippen LogP contribution in [0.3, 0.4) is 0 Å². The summed E-state index contributed by atoms with van der Waals surface area (Å²) < 4.78 is 4.69. The molecular weight excluding hydrogens is 284 g/mol. The topological polar surface area (TPSA) is 42.4 Å². The van der Waals surface area contributed by atoms with E-state index in [1.807, 2.05) is 0 Å². The summed E-state index contributed by atoms with van der Waals surface area (Å²) in [6.45, 7) is 1.14. The Bertz CT molecular complexity index is 482. The van der Waals surface area contributed by atoms with Gasteiger partial charge in [-0.3, -0.25) is 4.79 Å². The Morgan fingerprint density at radius 2 is 2.19 bits per heavy atom. The molecule has 0 aromatic carbocycles. The van der Waals surface area contributed by atoms with Crippen molar-refractivity contribution >= 4 is 22.4 Å². The normalized spacial score (nSPS) is 22.9. The van der Waals surface area contributed by atoms with Gasteiger partial charge in [0.1, 0.15) is 0 Å². The van der Waals surface area contributed by atoms with Crippen LogP contribution in [0.5, 0.6) is 0 Å². The van der Waals surface area contributed by atoms with E-state index in [0.29, 0.717) is 18.9 Å². The van der Waals surface area contributed by atoms with Crippen molar-refractivity contribution in [3.63, 3.8) is 0 Å². The Labute approximate surface area is 130 Å². The Balaban J connectivity index is 1.63. The van der Waals surface area contributed by atoms with Crippen LogP contribution in [0, 0.1) is 5.92 Å². The van der Waals surface area contributed by atoms with Crippen molar-refractivity contribution in [1.82, 2.24) is 4.98 Å². The molecule has 21 heavy (non-hydrogen) atoms. The molecule has 1 aromatic rings. The Morgan fingerprint density at radius 3 is 2.95 bits per heavy atom. The van der Waals surface area contributed by atoms with Gasteiger partial charge in [0.05, 0.1) is 19.2 Å². The van der Waals surface area contributed by atoms with Crippen molar-refractivity contribution in [3.05, 3.63) is 11.1 Å². The van der Waals surface area contributed by atoms with Crippen LogP contribution in [0.25, 0.3) is 0 Å². The lowest BCUT2D eigenvalue weighted by Gasteiger charge is -2.29. The molecule has 1 aliphatic carbocycles. The van der Waals surface area contributed by atoms with Gasteiger partial charge in [0.25, 0.3) is 0 Å². The van der Waals surface area contributed by atoms with E-state index in [0.717, 1.165) is 23.3 Å². The van der Waals surface area contributed by atoms with E-state index in [1.54, 1.807) is 11.3 Å². The van der Waals surface area contributed by atoms with Gasteiger partial charge < -0.3 is 9.64 Å². The van der Waals surface area contributed by atoms with E-state index in [2.05, 4.69) is 15.0 Å². The maximum Gasteiger partial charge on any atom is 0.305 e. The fourth-order valence-electron chi connectivity index (χ4n) is 3.74.